The fourth-order valence-corrected chi connectivity index (χ4v) is 1.38. The van der Waals surface area contributed by atoms with Gasteiger partial charge in [-0.2, -0.15) is 0 Å². The molecule has 15 heavy (non-hydrogen) atoms. The van der Waals surface area contributed by atoms with Crippen molar-refractivity contribution in [2.75, 3.05) is 0 Å². The monoisotopic (exact) mass is 210 g/mol. The SMILES string of the molecule is CC.O=C(O)c1ccc(C2CC2)cc1F. The van der Waals surface area contributed by atoms with E-state index in [-0.39, 0.29) is 5.56 Å². The highest BCUT2D eigenvalue weighted by molar-refractivity contribution is 5.87. The molecule has 3 heteroatoms. The normalized spacial score (nSPS) is 14.1. The molecule has 0 atom stereocenters. The second-order valence-electron chi connectivity index (χ2n) is 3.32. The number of carboxylic acid groups (broad SMARTS) is 1. The number of hydrogen-bond acceptors (Lipinski definition) is 1. The van der Waals surface area contributed by atoms with Crippen molar-refractivity contribution in [2.24, 2.45) is 0 Å². The molecule has 2 rings (SSSR count). The van der Waals surface area contributed by atoms with E-state index in [9.17, 15) is 9.18 Å². The minimum atomic E-state index is -1.21. The molecule has 0 bridgehead atoms. The van der Waals surface area contributed by atoms with E-state index in [1.807, 2.05) is 13.8 Å². The number of carbonyl (C=O) groups is 1. The van der Waals surface area contributed by atoms with Gasteiger partial charge in [-0.25, -0.2) is 9.18 Å². The Kier molecular flexibility index (Phi) is 3.83. The summed E-state index contributed by atoms with van der Waals surface area (Å²) in [6.07, 6.45) is 2.18. The molecule has 1 aromatic carbocycles. The van der Waals surface area contributed by atoms with Crippen molar-refractivity contribution in [1.82, 2.24) is 0 Å². The van der Waals surface area contributed by atoms with Crippen molar-refractivity contribution in [2.45, 2.75) is 32.6 Å². The molecule has 82 valence electrons. The summed E-state index contributed by atoms with van der Waals surface area (Å²) >= 11 is 0. The molecule has 0 amide bonds. The summed E-state index contributed by atoms with van der Waals surface area (Å²) in [7, 11) is 0. The first-order chi connectivity index (χ1) is 7.18. The first-order valence-electron chi connectivity index (χ1n) is 5.21. The van der Waals surface area contributed by atoms with Gasteiger partial charge >= 0.3 is 5.97 Å². The fourth-order valence-electron chi connectivity index (χ4n) is 1.38. The van der Waals surface area contributed by atoms with Crippen LogP contribution in [0, 0.1) is 5.82 Å². The Hall–Kier alpha value is -1.38. The molecule has 1 aliphatic rings. The fraction of sp³-hybridized carbons (Fsp3) is 0.417. The summed E-state index contributed by atoms with van der Waals surface area (Å²) in [6, 6.07) is 4.37. The Balaban J connectivity index is 0.000000531. The smallest absolute Gasteiger partial charge is 0.338 e. The third kappa shape index (κ3) is 2.78. The van der Waals surface area contributed by atoms with Gasteiger partial charge in [0.2, 0.25) is 0 Å². The molecule has 0 heterocycles. The number of halogens is 1. The Labute approximate surface area is 88.7 Å². The number of aromatic carboxylic acids is 1. The third-order valence-electron chi connectivity index (χ3n) is 2.27. The number of hydrogen-bond donors (Lipinski definition) is 1. The van der Waals surface area contributed by atoms with Gasteiger partial charge in [0, 0.05) is 0 Å². The Morgan fingerprint density at radius 1 is 1.40 bits per heavy atom. The van der Waals surface area contributed by atoms with Crippen LogP contribution in [0.1, 0.15) is 48.5 Å². The Morgan fingerprint density at radius 2 is 2.00 bits per heavy atom. The van der Waals surface area contributed by atoms with Crippen LogP contribution in [0.15, 0.2) is 18.2 Å². The highest BCUT2D eigenvalue weighted by Crippen LogP contribution is 2.40. The topological polar surface area (TPSA) is 37.3 Å². The van der Waals surface area contributed by atoms with Gasteiger partial charge in [-0.3, -0.25) is 0 Å². The summed E-state index contributed by atoms with van der Waals surface area (Å²) in [5.74, 6) is -1.38. The van der Waals surface area contributed by atoms with Crippen LogP contribution in [0.5, 0.6) is 0 Å². The molecule has 0 saturated heterocycles. The van der Waals surface area contributed by atoms with Crippen molar-refractivity contribution in [3.63, 3.8) is 0 Å². The van der Waals surface area contributed by atoms with Crippen LogP contribution in [0.4, 0.5) is 4.39 Å². The van der Waals surface area contributed by atoms with E-state index < -0.39 is 11.8 Å². The van der Waals surface area contributed by atoms with Crippen molar-refractivity contribution in [3.8, 4) is 0 Å². The first-order valence-corrected chi connectivity index (χ1v) is 5.21. The molecule has 2 nitrogen and oxygen atoms in total. The molecule has 0 spiro atoms. The van der Waals surface area contributed by atoms with E-state index in [1.54, 1.807) is 6.07 Å². The number of benzene rings is 1. The van der Waals surface area contributed by atoms with Crippen molar-refractivity contribution in [1.29, 1.82) is 0 Å². The number of rotatable bonds is 2. The predicted molar refractivity (Wildman–Crippen MR) is 56.7 cm³/mol. The van der Waals surface area contributed by atoms with Gasteiger partial charge in [-0.1, -0.05) is 19.9 Å². The third-order valence-corrected chi connectivity index (χ3v) is 2.27. The second-order valence-corrected chi connectivity index (χ2v) is 3.32. The predicted octanol–water partition coefficient (Wildman–Crippen LogP) is 3.43. The van der Waals surface area contributed by atoms with Gasteiger partial charge in [-0.05, 0) is 36.5 Å². The summed E-state index contributed by atoms with van der Waals surface area (Å²) in [5.41, 5.74) is 0.673. The zero-order valence-electron chi connectivity index (χ0n) is 8.96. The summed E-state index contributed by atoms with van der Waals surface area (Å²) in [5, 5.41) is 8.57. The maximum atomic E-state index is 13.1. The lowest BCUT2D eigenvalue weighted by molar-refractivity contribution is 0.0692. The minimum Gasteiger partial charge on any atom is -0.478 e. The molecule has 0 aromatic heterocycles. The standard InChI is InChI=1S/C10H9FO2.C2H6/c11-9-5-7(6-1-2-6)3-4-8(9)10(12)13;1-2/h3-6H,1-2H2,(H,12,13);1-2H3. The van der Waals surface area contributed by atoms with Crippen LogP contribution < -0.4 is 0 Å². The van der Waals surface area contributed by atoms with Gasteiger partial charge in [0.05, 0.1) is 5.56 Å². The lowest BCUT2D eigenvalue weighted by Crippen LogP contribution is -2.00. The molecule has 1 N–H and O–H groups in total. The van der Waals surface area contributed by atoms with Gasteiger partial charge in [0.15, 0.2) is 0 Å². The summed E-state index contributed by atoms with van der Waals surface area (Å²) in [4.78, 5) is 10.5. The van der Waals surface area contributed by atoms with Crippen LogP contribution in [0.2, 0.25) is 0 Å². The Bertz CT molecular complexity index is 357. The van der Waals surface area contributed by atoms with E-state index in [2.05, 4.69) is 0 Å². The number of carboxylic acids is 1. The van der Waals surface area contributed by atoms with Crippen LogP contribution in [-0.4, -0.2) is 11.1 Å². The zero-order valence-corrected chi connectivity index (χ0v) is 8.96. The zero-order chi connectivity index (χ0) is 11.4. The van der Waals surface area contributed by atoms with Crippen LogP contribution in [-0.2, 0) is 0 Å². The highest BCUT2D eigenvalue weighted by atomic mass is 19.1. The molecule has 1 aromatic rings. The minimum absolute atomic E-state index is 0.246. The van der Waals surface area contributed by atoms with Crippen LogP contribution in [0.3, 0.4) is 0 Å². The van der Waals surface area contributed by atoms with Crippen LogP contribution in [0.25, 0.3) is 0 Å². The maximum absolute atomic E-state index is 13.1. The van der Waals surface area contributed by atoms with E-state index in [4.69, 9.17) is 5.11 Å². The molecule has 1 saturated carbocycles. The molecule has 0 aliphatic heterocycles. The maximum Gasteiger partial charge on any atom is 0.338 e. The van der Waals surface area contributed by atoms with Crippen molar-refractivity contribution in [3.05, 3.63) is 35.1 Å². The summed E-state index contributed by atoms with van der Waals surface area (Å²) < 4.78 is 13.1. The molecule has 0 unspecified atom stereocenters. The van der Waals surface area contributed by atoms with Gasteiger partial charge < -0.3 is 5.11 Å². The van der Waals surface area contributed by atoms with E-state index >= 15 is 0 Å². The molecule has 0 radical (unpaired) electrons. The molecular weight excluding hydrogens is 195 g/mol. The van der Waals surface area contributed by atoms with Crippen molar-refractivity contribution < 1.29 is 14.3 Å². The molecule has 1 fully saturated rings. The van der Waals surface area contributed by atoms with Gasteiger partial charge in [0.25, 0.3) is 0 Å². The van der Waals surface area contributed by atoms with E-state index in [1.165, 1.54) is 12.1 Å². The van der Waals surface area contributed by atoms with Gasteiger partial charge in [-0.15, -0.1) is 0 Å². The van der Waals surface area contributed by atoms with E-state index in [0.29, 0.717) is 5.92 Å². The quantitative estimate of drug-likeness (QED) is 0.812. The largest absolute Gasteiger partial charge is 0.478 e. The summed E-state index contributed by atoms with van der Waals surface area (Å²) in [6.45, 7) is 4.00. The van der Waals surface area contributed by atoms with E-state index in [0.717, 1.165) is 18.4 Å². The van der Waals surface area contributed by atoms with Crippen molar-refractivity contribution >= 4 is 5.97 Å². The van der Waals surface area contributed by atoms with Gasteiger partial charge in [0.1, 0.15) is 5.82 Å². The molecule has 1 aliphatic carbocycles. The Morgan fingerprint density at radius 3 is 2.40 bits per heavy atom. The van der Waals surface area contributed by atoms with Crippen LogP contribution >= 0.6 is 0 Å². The molecular formula is C12H15FO2. The average molecular weight is 210 g/mol. The lowest BCUT2D eigenvalue weighted by atomic mass is 10.1. The first kappa shape index (κ1) is 11.7. The second kappa shape index (κ2) is 4.91. The average Bonchev–Trinajstić information content (AvgIpc) is 3.03. The lowest BCUT2D eigenvalue weighted by Gasteiger charge is -2.00. The highest BCUT2D eigenvalue weighted by Gasteiger charge is 2.24.